The van der Waals surface area contributed by atoms with E-state index in [0.29, 0.717) is 5.13 Å². The van der Waals surface area contributed by atoms with Crippen LogP contribution in [0.15, 0.2) is 41.8 Å². The number of thioether (sulfide) groups is 1. The minimum absolute atomic E-state index is 0.158. The Balaban J connectivity index is 1.92. The van der Waals surface area contributed by atoms with Crippen molar-refractivity contribution in [2.24, 2.45) is 0 Å². The van der Waals surface area contributed by atoms with E-state index in [1.807, 2.05) is 42.0 Å². The van der Waals surface area contributed by atoms with Crippen LogP contribution < -0.4 is 5.32 Å². The van der Waals surface area contributed by atoms with Crippen LogP contribution in [0, 0.1) is 0 Å². The SMILES string of the molecule is CSCc1csc(NC(=O)/C=C/c2ccccc2)n1. The van der Waals surface area contributed by atoms with Crippen molar-refractivity contribution in [3.63, 3.8) is 0 Å². The number of benzene rings is 1. The van der Waals surface area contributed by atoms with Crippen LogP contribution in [0.5, 0.6) is 0 Å². The fourth-order valence-corrected chi connectivity index (χ4v) is 2.72. The molecule has 0 unspecified atom stereocenters. The molecule has 0 saturated carbocycles. The van der Waals surface area contributed by atoms with E-state index in [4.69, 9.17) is 0 Å². The normalized spacial score (nSPS) is 10.8. The minimum atomic E-state index is -0.158. The summed E-state index contributed by atoms with van der Waals surface area (Å²) in [5, 5.41) is 5.37. The molecule has 1 amide bonds. The molecule has 19 heavy (non-hydrogen) atoms. The summed E-state index contributed by atoms with van der Waals surface area (Å²) in [4.78, 5) is 16.0. The van der Waals surface area contributed by atoms with Crippen molar-refractivity contribution >= 4 is 40.2 Å². The van der Waals surface area contributed by atoms with E-state index < -0.39 is 0 Å². The van der Waals surface area contributed by atoms with Gasteiger partial charge >= 0.3 is 0 Å². The van der Waals surface area contributed by atoms with E-state index in [1.54, 1.807) is 17.8 Å². The second-order valence-electron chi connectivity index (χ2n) is 3.81. The Labute approximate surface area is 120 Å². The Bertz CT molecular complexity index is 564. The van der Waals surface area contributed by atoms with Gasteiger partial charge in [0.05, 0.1) is 5.69 Å². The summed E-state index contributed by atoms with van der Waals surface area (Å²) in [5.74, 6) is 0.709. The standard InChI is InChI=1S/C14H14N2OS2/c1-18-9-12-10-19-14(15-12)16-13(17)8-7-11-5-3-2-4-6-11/h2-8,10H,9H2,1H3,(H,15,16,17)/b8-7+. The quantitative estimate of drug-likeness (QED) is 0.855. The van der Waals surface area contributed by atoms with E-state index in [9.17, 15) is 4.79 Å². The fraction of sp³-hybridized carbons (Fsp3) is 0.143. The van der Waals surface area contributed by atoms with Gasteiger partial charge in [-0.2, -0.15) is 11.8 Å². The number of anilines is 1. The maximum atomic E-state index is 11.7. The molecule has 0 radical (unpaired) electrons. The highest BCUT2D eigenvalue weighted by molar-refractivity contribution is 7.97. The lowest BCUT2D eigenvalue weighted by Gasteiger charge is -1.96. The van der Waals surface area contributed by atoms with Gasteiger partial charge in [0.25, 0.3) is 0 Å². The van der Waals surface area contributed by atoms with Gasteiger partial charge in [-0.05, 0) is 17.9 Å². The minimum Gasteiger partial charge on any atom is -0.298 e. The molecule has 1 aromatic heterocycles. The third-order valence-corrected chi connectivity index (χ3v) is 3.69. The summed E-state index contributed by atoms with van der Waals surface area (Å²) in [7, 11) is 0. The highest BCUT2D eigenvalue weighted by Crippen LogP contribution is 2.18. The molecule has 0 fully saturated rings. The van der Waals surface area contributed by atoms with E-state index in [1.165, 1.54) is 17.4 Å². The number of hydrogen-bond donors (Lipinski definition) is 1. The molecule has 0 bridgehead atoms. The maximum Gasteiger partial charge on any atom is 0.250 e. The third-order valence-electron chi connectivity index (χ3n) is 2.30. The third kappa shape index (κ3) is 4.54. The lowest BCUT2D eigenvalue weighted by Crippen LogP contribution is -2.07. The number of nitrogens with zero attached hydrogens (tertiary/aromatic N) is 1. The summed E-state index contributed by atoms with van der Waals surface area (Å²) in [6, 6.07) is 9.72. The molecule has 0 saturated heterocycles. The van der Waals surface area contributed by atoms with Gasteiger partial charge in [0.15, 0.2) is 5.13 Å². The second kappa shape index (κ2) is 7.11. The van der Waals surface area contributed by atoms with Crippen LogP contribution in [0.4, 0.5) is 5.13 Å². The van der Waals surface area contributed by atoms with Crippen LogP contribution in [-0.4, -0.2) is 17.1 Å². The van der Waals surface area contributed by atoms with Crippen molar-refractivity contribution < 1.29 is 4.79 Å². The van der Waals surface area contributed by atoms with Crippen molar-refractivity contribution in [1.29, 1.82) is 0 Å². The zero-order chi connectivity index (χ0) is 13.5. The summed E-state index contributed by atoms with van der Waals surface area (Å²) in [6.07, 6.45) is 5.33. The summed E-state index contributed by atoms with van der Waals surface area (Å²) >= 11 is 3.16. The van der Waals surface area contributed by atoms with E-state index in [0.717, 1.165) is 17.0 Å². The lowest BCUT2D eigenvalue weighted by molar-refractivity contribution is -0.111. The van der Waals surface area contributed by atoms with Crippen molar-refractivity contribution in [3.8, 4) is 0 Å². The van der Waals surface area contributed by atoms with Crippen molar-refractivity contribution in [2.75, 3.05) is 11.6 Å². The van der Waals surface area contributed by atoms with E-state index >= 15 is 0 Å². The van der Waals surface area contributed by atoms with Crippen LogP contribution in [0.2, 0.25) is 0 Å². The topological polar surface area (TPSA) is 42.0 Å². The van der Waals surface area contributed by atoms with Crippen molar-refractivity contribution in [3.05, 3.63) is 53.0 Å². The van der Waals surface area contributed by atoms with Gasteiger partial charge in [0, 0.05) is 17.2 Å². The van der Waals surface area contributed by atoms with Gasteiger partial charge in [0.2, 0.25) is 5.91 Å². The molecule has 98 valence electrons. The predicted molar refractivity (Wildman–Crippen MR) is 83.4 cm³/mol. The molecule has 0 spiro atoms. The first-order chi connectivity index (χ1) is 9.28. The molecule has 2 aromatic rings. The van der Waals surface area contributed by atoms with E-state index in [-0.39, 0.29) is 5.91 Å². The van der Waals surface area contributed by atoms with Gasteiger partial charge < -0.3 is 0 Å². The Morgan fingerprint density at radius 3 is 2.95 bits per heavy atom. The Hall–Kier alpha value is -1.59. The van der Waals surface area contributed by atoms with Crippen molar-refractivity contribution in [1.82, 2.24) is 4.98 Å². The number of aromatic nitrogens is 1. The summed E-state index contributed by atoms with van der Waals surface area (Å²) in [5.41, 5.74) is 2.00. The molecule has 3 nitrogen and oxygen atoms in total. The number of nitrogens with one attached hydrogen (secondary N) is 1. The first kappa shape index (κ1) is 13.8. The molecule has 0 aliphatic rings. The molecule has 1 N–H and O–H groups in total. The molecular weight excluding hydrogens is 276 g/mol. The van der Waals surface area contributed by atoms with Gasteiger partial charge in [-0.3, -0.25) is 10.1 Å². The molecule has 1 aromatic carbocycles. The van der Waals surface area contributed by atoms with Gasteiger partial charge in [-0.1, -0.05) is 30.3 Å². The number of hydrogen-bond acceptors (Lipinski definition) is 4. The average molecular weight is 290 g/mol. The molecule has 0 atom stereocenters. The Morgan fingerprint density at radius 2 is 2.21 bits per heavy atom. The molecular formula is C14H14N2OS2. The Kier molecular flexibility index (Phi) is 5.18. The largest absolute Gasteiger partial charge is 0.298 e. The summed E-state index contributed by atoms with van der Waals surface area (Å²) in [6.45, 7) is 0. The molecule has 0 aliphatic carbocycles. The van der Waals surface area contributed by atoms with Crippen LogP contribution in [0.3, 0.4) is 0 Å². The molecule has 5 heteroatoms. The monoisotopic (exact) mass is 290 g/mol. The van der Waals surface area contributed by atoms with Crippen LogP contribution in [0.1, 0.15) is 11.3 Å². The van der Waals surface area contributed by atoms with Gasteiger partial charge in [-0.15, -0.1) is 11.3 Å². The number of carbonyl (C=O) groups is 1. The number of rotatable bonds is 5. The second-order valence-corrected chi connectivity index (χ2v) is 5.53. The lowest BCUT2D eigenvalue weighted by atomic mass is 10.2. The highest BCUT2D eigenvalue weighted by atomic mass is 32.2. The predicted octanol–water partition coefficient (Wildman–Crippen LogP) is 3.66. The first-order valence-corrected chi connectivity index (χ1v) is 8.03. The van der Waals surface area contributed by atoms with Crippen LogP contribution in [-0.2, 0) is 10.5 Å². The van der Waals surface area contributed by atoms with Gasteiger partial charge in [0.1, 0.15) is 0 Å². The fourth-order valence-electron chi connectivity index (χ4n) is 1.46. The van der Waals surface area contributed by atoms with E-state index in [2.05, 4.69) is 10.3 Å². The smallest absolute Gasteiger partial charge is 0.250 e. The zero-order valence-electron chi connectivity index (χ0n) is 10.5. The van der Waals surface area contributed by atoms with Crippen molar-refractivity contribution in [2.45, 2.75) is 5.75 Å². The number of carbonyl (C=O) groups excluding carboxylic acids is 1. The van der Waals surface area contributed by atoms with Gasteiger partial charge in [-0.25, -0.2) is 4.98 Å². The zero-order valence-corrected chi connectivity index (χ0v) is 12.1. The first-order valence-electron chi connectivity index (χ1n) is 5.75. The molecule has 0 aliphatic heterocycles. The number of amides is 1. The summed E-state index contributed by atoms with van der Waals surface area (Å²) < 4.78 is 0. The number of thiazole rings is 1. The molecule has 1 heterocycles. The Morgan fingerprint density at radius 1 is 1.42 bits per heavy atom. The van der Waals surface area contributed by atoms with Crippen LogP contribution >= 0.6 is 23.1 Å². The van der Waals surface area contributed by atoms with Crippen LogP contribution in [0.25, 0.3) is 6.08 Å². The molecule has 2 rings (SSSR count). The average Bonchev–Trinajstić information content (AvgIpc) is 2.85. The maximum absolute atomic E-state index is 11.7. The highest BCUT2D eigenvalue weighted by Gasteiger charge is 2.03.